The highest BCUT2D eigenvalue weighted by molar-refractivity contribution is 7.26. The first-order chi connectivity index (χ1) is 24.5. The summed E-state index contributed by atoms with van der Waals surface area (Å²) in [6.07, 6.45) is 0. The molecule has 4 nitrogen and oxygen atoms in total. The molecule has 0 radical (unpaired) electrons. The van der Waals surface area contributed by atoms with Gasteiger partial charge in [-0.2, -0.15) is 0 Å². The van der Waals surface area contributed by atoms with E-state index >= 15 is 0 Å². The van der Waals surface area contributed by atoms with Gasteiger partial charge in [0, 0.05) is 47.4 Å². The minimum atomic E-state index is 0.0177. The fourth-order valence-corrected chi connectivity index (χ4v) is 9.29. The maximum Gasteiger partial charge on any atom is 0.200 e. The van der Waals surface area contributed by atoms with Gasteiger partial charge >= 0.3 is 0 Å². The average Bonchev–Trinajstić information content (AvgIpc) is 3.78. The van der Waals surface area contributed by atoms with Crippen LogP contribution < -0.4 is 5.43 Å². The number of para-hydroxylation sites is 3. The van der Waals surface area contributed by atoms with Gasteiger partial charge in [-0.1, -0.05) is 60.7 Å². The van der Waals surface area contributed by atoms with Gasteiger partial charge in [0.2, 0.25) is 5.43 Å². The van der Waals surface area contributed by atoms with Gasteiger partial charge in [0.25, 0.3) is 0 Å². The van der Waals surface area contributed by atoms with Gasteiger partial charge in [0.15, 0.2) is 0 Å². The third kappa shape index (κ3) is 3.67. The molecule has 5 heteroatoms. The highest BCUT2D eigenvalue weighted by Gasteiger charge is 2.21. The summed E-state index contributed by atoms with van der Waals surface area (Å²) in [4.78, 5) is 13.8. The second-order valence-corrected chi connectivity index (χ2v) is 14.5. The van der Waals surface area contributed by atoms with Crippen molar-refractivity contribution in [2.75, 3.05) is 0 Å². The van der Waals surface area contributed by atoms with Crippen LogP contribution in [-0.2, 0) is 0 Å². The minimum Gasteiger partial charge on any atom is -0.456 e. The van der Waals surface area contributed by atoms with Crippen LogP contribution in [0.1, 0.15) is 11.1 Å². The van der Waals surface area contributed by atoms with E-state index in [1.165, 1.54) is 37.3 Å². The Balaban J connectivity index is 1.27. The molecule has 11 rings (SSSR count). The summed E-state index contributed by atoms with van der Waals surface area (Å²) in [6.45, 7) is 4.09. The first-order valence-corrected chi connectivity index (χ1v) is 17.7. The van der Waals surface area contributed by atoms with Crippen molar-refractivity contribution in [2.24, 2.45) is 0 Å². The van der Waals surface area contributed by atoms with Crippen molar-refractivity contribution in [1.82, 2.24) is 9.13 Å². The van der Waals surface area contributed by atoms with Gasteiger partial charge in [-0.05, 0) is 97.8 Å². The molecule has 0 saturated heterocycles. The zero-order chi connectivity index (χ0) is 33.2. The van der Waals surface area contributed by atoms with Crippen molar-refractivity contribution < 1.29 is 4.42 Å². The van der Waals surface area contributed by atoms with E-state index in [0.717, 1.165) is 49.0 Å². The molecule has 0 amide bonds. The zero-order valence-corrected chi connectivity index (χ0v) is 28.1. The van der Waals surface area contributed by atoms with Gasteiger partial charge < -0.3 is 13.6 Å². The molecule has 4 aromatic heterocycles. The normalized spacial score (nSPS) is 12.3. The lowest BCUT2D eigenvalue weighted by molar-refractivity contribution is 0.660. The van der Waals surface area contributed by atoms with Crippen molar-refractivity contribution >= 4 is 97.1 Å². The predicted molar refractivity (Wildman–Crippen MR) is 211 cm³/mol. The van der Waals surface area contributed by atoms with Crippen LogP contribution in [0.25, 0.3) is 97.1 Å². The van der Waals surface area contributed by atoms with Crippen LogP contribution in [-0.4, -0.2) is 9.13 Å². The van der Waals surface area contributed by atoms with Crippen LogP contribution in [0.3, 0.4) is 0 Å². The van der Waals surface area contributed by atoms with E-state index in [2.05, 4.69) is 131 Å². The number of aryl methyl sites for hydroxylation is 2. The second kappa shape index (κ2) is 9.94. The molecule has 0 aliphatic heterocycles. The molecule has 0 atom stereocenters. The third-order valence-corrected chi connectivity index (χ3v) is 11.7. The van der Waals surface area contributed by atoms with Crippen LogP contribution in [0, 0.1) is 13.8 Å². The molecular formula is C45H28N2O2S. The van der Waals surface area contributed by atoms with Crippen LogP contribution in [0.5, 0.6) is 0 Å². The Morgan fingerprint density at radius 2 is 1.12 bits per heavy atom. The van der Waals surface area contributed by atoms with Crippen LogP contribution in [0.15, 0.2) is 143 Å². The maximum atomic E-state index is 13.8. The summed E-state index contributed by atoms with van der Waals surface area (Å²) in [5, 5.41) is 8.40. The molecule has 50 heavy (non-hydrogen) atoms. The van der Waals surface area contributed by atoms with Crippen molar-refractivity contribution in [3.63, 3.8) is 0 Å². The largest absolute Gasteiger partial charge is 0.456 e. The van der Waals surface area contributed by atoms with Gasteiger partial charge in [-0.25, -0.2) is 0 Å². The Morgan fingerprint density at radius 3 is 1.90 bits per heavy atom. The molecule has 0 unspecified atom stereocenters. The Morgan fingerprint density at radius 1 is 0.480 bits per heavy atom. The van der Waals surface area contributed by atoms with E-state index in [9.17, 15) is 4.79 Å². The number of hydrogen-bond acceptors (Lipinski definition) is 3. The van der Waals surface area contributed by atoms with E-state index in [4.69, 9.17) is 4.42 Å². The molecular weight excluding hydrogens is 633 g/mol. The number of rotatable bonds is 2. The molecule has 0 fully saturated rings. The molecule has 0 bridgehead atoms. The first kappa shape index (κ1) is 27.7. The minimum absolute atomic E-state index is 0.0177. The van der Waals surface area contributed by atoms with Crippen LogP contribution >= 0.6 is 11.3 Å². The quantitative estimate of drug-likeness (QED) is 0.173. The lowest BCUT2D eigenvalue weighted by atomic mass is 10.0. The van der Waals surface area contributed by atoms with Gasteiger partial charge in [-0.15, -0.1) is 11.3 Å². The standard InChI is InChI=1S/C45H28N2O2S/c1-25-19-32-40(20-26(25)2)49-41-22-34-43(23-33(41)45(32)48)50-42-18-10-17-37(44(34)42)47-36-16-9-7-14-29(36)31-21-30-28-13-6-8-15-35(28)46(38(30)24-39(31)47)27-11-4-3-5-12-27/h3-24H,1-2H3. The number of fused-ring (bicyclic) bond motifs is 11. The van der Waals surface area contributed by atoms with E-state index in [-0.39, 0.29) is 5.43 Å². The number of aromatic nitrogens is 2. The zero-order valence-electron chi connectivity index (χ0n) is 27.3. The lowest BCUT2D eigenvalue weighted by Gasteiger charge is -2.12. The summed E-state index contributed by atoms with van der Waals surface area (Å²) in [6, 6.07) is 47.4. The summed E-state index contributed by atoms with van der Waals surface area (Å²) in [5.41, 5.74) is 10.4. The van der Waals surface area contributed by atoms with E-state index < -0.39 is 0 Å². The molecule has 4 heterocycles. The van der Waals surface area contributed by atoms with Crippen molar-refractivity contribution in [3.05, 3.63) is 155 Å². The summed E-state index contributed by atoms with van der Waals surface area (Å²) < 4.78 is 13.5. The monoisotopic (exact) mass is 660 g/mol. The average molecular weight is 661 g/mol. The third-order valence-electron chi connectivity index (χ3n) is 10.6. The van der Waals surface area contributed by atoms with Gasteiger partial charge in [0.05, 0.1) is 38.5 Å². The molecule has 0 saturated carbocycles. The van der Waals surface area contributed by atoms with Gasteiger partial charge in [-0.3, -0.25) is 4.79 Å². The second-order valence-electron chi connectivity index (χ2n) is 13.4. The lowest BCUT2D eigenvalue weighted by Crippen LogP contribution is -2.03. The predicted octanol–water partition coefficient (Wildman–Crippen LogP) is 12.1. The Hall–Kier alpha value is -6.17. The Kier molecular flexibility index (Phi) is 5.52. The highest BCUT2D eigenvalue weighted by atomic mass is 32.1. The number of thiophene rings is 1. The van der Waals surface area contributed by atoms with Crippen molar-refractivity contribution in [2.45, 2.75) is 13.8 Å². The summed E-state index contributed by atoms with van der Waals surface area (Å²) in [5.74, 6) is 0. The smallest absolute Gasteiger partial charge is 0.200 e. The van der Waals surface area contributed by atoms with Crippen molar-refractivity contribution in [3.8, 4) is 11.4 Å². The SMILES string of the molecule is Cc1cc2oc3cc4c(cc3c(=O)c2cc1C)sc1cccc(-n2c3ccccc3c3cc5c6ccccc6n(-c6ccccc6)c5cc32)c14. The number of benzene rings is 7. The molecule has 236 valence electrons. The fourth-order valence-electron chi connectivity index (χ4n) is 8.14. The van der Waals surface area contributed by atoms with Crippen LogP contribution in [0.2, 0.25) is 0 Å². The van der Waals surface area contributed by atoms with Gasteiger partial charge in [0.1, 0.15) is 11.2 Å². The Bertz CT molecular complexity index is 3300. The van der Waals surface area contributed by atoms with E-state index in [1.807, 2.05) is 25.1 Å². The highest BCUT2D eigenvalue weighted by Crippen LogP contribution is 2.44. The summed E-state index contributed by atoms with van der Waals surface area (Å²) in [7, 11) is 0. The molecule has 0 aliphatic carbocycles. The topological polar surface area (TPSA) is 40.1 Å². The molecule has 0 aliphatic rings. The fraction of sp³-hybridized carbons (Fsp3) is 0.0444. The van der Waals surface area contributed by atoms with Crippen molar-refractivity contribution in [1.29, 1.82) is 0 Å². The molecule has 0 spiro atoms. The molecule has 7 aromatic carbocycles. The van der Waals surface area contributed by atoms with E-state index in [1.54, 1.807) is 11.3 Å². The van der Waals surface area contributed by atoms with Crippen LogP contribution in [0.4, 0.5) is 0 Å². The Labute approximate surface area is 289 Å². The maximum absolute atomic E-state index is 13.8. The number of nitrogens with zero attached hydrogens (tertiary/aromatic N) is 2. The number of hydrogen-bond donors (Lipinski definition) is 0. The first-order valence-electron chi connectivity index (χ1n) is 16.9. The molecule has 11 aromatic rings. The van der Waals surface area contributed by atoms with E-state index in [0.29, 0.717) is 21.9 Å². The molecule has 0 N–H and O–H groups in total. The summed E-state index contributed by atoms with van der Waals surface area (Å²) >= 11 is 1.73.